The third-order valence-electron chi connectivity index (χ3n) is 3.51. The van der Waals surface area contributed by atoms with Gasteiger partial charge in [0.2, 0.25) is 5.89 Å². The molecule has 18 heavy (non-hydrogen) atoms. The highest BCUT2D eigenvalue weighted by atomic mass is 16.5. The van der Waals surface area contributed by atoms with Crippen molar-refractivity contribution in [2.24, 2.45) is 0 Å². The average molecular weight is 252 g/mol. The molecule has 2 saturated heterocycles. The van der Waals surface area contributed by atoms with Crippen LogP contribution in [0, 0.1) is 0 Å². The number of hydrogen-bond acceptors (Lipinski definition) is 6. The second-order valence-corrected chi connectivity index (χ2v) is 4.72. The lowest BCUT2D eigenvalue weighted by atomic mass is 9.99. The van der Waals surface area contributed by atoms with Gasteiger partial charge in [-0.25, -0.2) is 0 Å². The van der Waals surface area contributed by atoms with E-state index >= 15 is 0 Å². The smallest absolute Gasteiger partial charge is 0.239 e. The Labute approximate surface area is 105 Å². The van der Waals surface area contributed by atoms with Crippen molar-refractivity contribution in [3.63, 3.8) is 0 Å². The van der Waals surface area contributed by atoms with Crippen molar-refractivity contribution < 1.29 is 18.8 Å². The van der Waals surface area contributed by atoms with Crippen LogP contribution in [0.25, 0.3) is 0 Å². The van der Waals surface area contributed by atoms with Gasteiger partial charge in [0.15, 0.2) is 5.82 Å². The number of carbonyl (C=O) groups is 1. The Morgan fingerprint density at radius 2 is 1.94 bits per heavy atom. The van der Waals surface area contributed by atoms with Crippen LogP contribution >= 0.6 is 0 Å². The molecule has 98 valence electrons. The molecule has 1 atom stereocenters. The van der Waals surface area contributed by atoms with Crippen LogP contribution in [0.1, 0.15) is 42.8 Å². The van der Waals surface area contributed by atoms with Gasteiger partial charge in [-0.05, 0) is 12.8 Å². The van der Waals surface area contributed by atoms with E-state index in [2.05, 4.69) is 10.1 Å². The Balaban J connectivity index is 1.73. The minimum absolute atomic E-state index is 0.128. The summed E-state index contributed by atoms with van der Waals surface area (Å²) < 4.78 is 15.8. The van der Waals surface area contributed by atoms with Crippen LogP contribution in [0.15, 0.2) is 4.52 Å². The average Bonchev–Trinajstić information content (AvgIpc) is 2.90. The van der Waals surface area contributed by atoms with Crippen molar-refractivity contribution in [3.8, 4) is 0 Å². The highest BCUT2D eigenvalue weighted by Gasteiger charge is 2.31. The minimum Gasteiger partial charge on any atom is -0.381 e. The first kappa shape index (κ1) is 11.8. The van der Waals surface area contributed by atoms with Gasteiger partial charge in [-0.1, -0.05) is 5.16 Å². The maximum atomic E-state index is 11.8. The zero-order valence-corrected chi connectivity index (χ0v) is 10.1. The monoisotopic (exact) mass is 252 g/mol. The summed E-state index contributed by atoms with van der Waals surface area (Å²) in [4.78, 5) is 16.1. The van der Waals surface area contributed by atoms with E-state index in [-0.39, 0.29) is 17.6 Å². The summed E-state index contributed by atoms with van der Waals surface area (Å²) in [7, 11) is 0. The van der Waals surface area contributed by atoms with Gasteiger partial charge >= 0.3 is 0 Å². The van der Waals surface area contributed by atoms with Gasteiger partial charge in [-0.15, -0.1) is 0 Å². The van der Waals surface area contributed by atoms with Crippen molar-refractivity contribution in [2.45, 2.75) is 31.1 Å². The highest BCUT2D eigenvalue weighted by Crippen LogP contribution is 2.27. The standard InChI is InChI=1S/C12H16N2O4/c15-10-3-6-17-7-9(10)12-13-11(14-18-12)8-1-4-16-5-2-8/h8-9H,1-7H2. The summed E-state index contributed by atoms with van der Waals surface area (Å²) in [6.45, 7) is 2.32. The molecule has 1 unspecified atom stereocenters. The SMILES string of the molecule is O=C1CCOCC1c1nc(C2CCOCC2)no1. The van der Waals surface area contributed by atoms with Crippen LogP contribution in [0.3, 0.4) is 0 Å². The summed E-state index contributed by atoms with van der Waals surface area (Å²) in [6.07, 6.45) is 2.25. The third kappa shape index (κ3) is 2.30. The molecule has 6 nitrogen and oxygen atoms in total. The van der Waals surface area contributed by atoms with E-state index in [0.29, 0.717) is 31.3 Å². The predicted molar refractivity (Wildman–Crippen MR) is 60.3 cm³/mol. The highest BCUT2D eigenvalue weighted by molar-refractivity contribution is 5.85. The minimum atomic E-state index is -0.375. The van der Waals surface area contributed by atoms with E-state index < -0.39 is 0 Å². The third-order valence-corrected chi connectivity index (χ3v) is 3.51. The molecule has 2 aliphatic rings. The molecule has 3 rings (SSSR count). The molecule has 0 amide bonds. The molecule has 0 saturated carbocycles. The van der Waals surface area contributed by atoms with Gasteiger partial charge in [0, 0.05) is 25.6 Å². The lowest BCUT2D eigenvalue weighted by Crippen LogP contribution is -2.26. The van der Waals surface area contributed by atoms with Gasteiger partial charge in [-0.2, -0.15) is 4.98 Å². The van der Waals surface area contributed by atoms with Crippen LogP contribution in [0.2, 0.25) is 0 Å². The van der Waals surface area contributed by atoms with E-state index in [1.165, 1.54) is 0 Å². The molecule has 2 aliphatic heterocycles. The largest absolute Gasteiger partial charge is 0.381 e. The van der Waals surface area contributed by atoms with E-state index in [9.17, 15) is 4.79 Å². The Hall–Kier alpha value is -1.27. The van der Waals surface area contributed by atoms with E-state index in [1.807, 2.05) is 0 Å². The topological polar surface area (TPSA) is 74.5 Å². The fourth-order valence-corrected chi connectivity index (χ4v) is 2.36. The molecule has 1 aromatic rings. The molecule has 0 bridgehead atoms. The summed E-state index contributed by atoms with van der Waals surface area (Å²) in [5.41, 5.74) is 0. The summed E-state index contributed by atoms with van der Waals surface area (Å²) in [5.74, 6) is 1.15. The quantitative estimate of drug-likeness (QED) is 0.782. The van der Waals surface area contributed by atoms with Crippen LogP contribution in [-0.2, 0) is 14.3 Å². The van der Waals surface area contributed by atoms with Gasteiger partial charge in [0.05, 0.1) is 13.2 Å². The summed E-state index contributed by atoms with van der Waals surface area (Å²) in [6, 6.07) is 0. The lowest BCUT2D eigenvalue weighted by Gasteiger charge is -2.19. The van der Waals surface area contributed by atoms with E-state index in [4.69, 9.17) is 14.0 Å². The van der Waals surface area contributed by atoms with Crippen LogP contribution < -0.4 is 0 Å². The van der Waals surface area contributed by atoms with Crippen LogP contribution in [0.5, 0.6) is 0 Å². The molecule has 0 spiro atoms. The predicted octanol–water partition coefficient (Wildman–Crippen LogP) is 1.04. The summed E-state index contributed by atoms with van der Waals surface area (Å²) in [5, 5.41) is 4.00. The number of nitrogens with zero attached hydrogens (tertiary/aromatic N) is 2. The van der Waals surface area contributed by atoms with Crippen molar-refractivity contribution in [1.82, 2.24) is 10.1 Å². The Morgan fingerprint density at radius 3 is 2.72 bits per heavy atom. The zero-order valence-electron chi connectivity index (χ0n) is 10.1. The first-order chi connectivity index (χ1) is 8.84. The zero-order chi connectivity index (χ0) is 12.4. The number of carbonyl (C=O) groups excluding carboxylic acids is 1. The first-order valence-electron chi connectivity index (χ1n) is 6.36. The molecule has 6 heteroatoms. The Kier molecular flexibility index (Phi) is 3.38. The number of ketones is 1. The Bertz CT molecular complexity index is 425. The van der Waals surface area contributed by atoms with Crippen molar-refractivity contribution in [2.75, 3.05) is 26.4 Å². The molecule has 0 aliphatic carbocycles. The first-order valence-corrected chi connectivity index (χ1v) is 6.36. The van der Waals surface area contributed by atoms with E-state index in [1.54, 1.807) is 0 Å². The molecular weight excluding hydrogens is 236 g/mol. The van der Waals surface area contributed by atoms with Crippen molar-refractivity contribution in [1.29, 1.82) is 0 Å². The maximum Gasteiger partial charge on any atom is 0.239 e. The molecule has 0 radical (unpaired) electrons. The normalized spacial score (nSPS) is 26.4. The molecule has 0 N–H and O–H groups in total. The number of hydrogen-bond donors (Lipinski definition) is 0. The second-order valence-electron chi connectivity index (χ2n) is 4.72. The van der Waals surface area contributed by atoms with Gasteiger partial charge in [0.1, 0.15) is 11.7 Å². The van der Waals surface area contributed by atoms with Gasteiger partial charge in [-0.3, -0.25) is 4.79 Å². The van der Waals surface area contributed by atoms with Crippen molar-refractivity contribution in [3.05, 3.63) is 11.7 Å². The molecule has 2 fully saturated rings. The van der Waals surface area contributed by atoms with Gasteiger partial charge in [0.25, 0.3) is 0 Å². The molecule has 1 aromatic heterocycles. The fourth-order valence-electron chi connectivity index (χ4n) is 2.36. The maximum absolute atomic E-state index is 11.8. The van der Waals surface area contributed by atoms with Gasteiger partial charge < -0.3 is 14.0 Å². The fraction of sp³-hybridized carbons (Fsp3) is 0.750. The molecular formula is C12H16N2O4. The number of rotatable bonds is 2. The summed E-state index contributed by atoms with van der Waals surface area (Å²) >= 11 is 0. The Morgan fingerprint density at radius 1 is 1.11 bits per heavy atom. The molecule has 0 aromatic carbocycles. The van der Waals surface area contributed by atoms with E-state index in [0.717, 1.165) is 26.1 Å². The number of Topliss-reactive ketones (excluding diaryl/α,β-unsaturated/α-hetero) is 1. The van der Waals surface area contributed by atoms with Crippen LogP contribution in [-0.4, -0.2) is 42.4 Å². The van der Waals surface area contributed by atoms with Crippen LogP contribution in [0.4, 0.5) is 0 Å². The number of ether oxygens (including phenoxy) is 2. The second kappa shape index (κ2) is 5.16. The van der Waals surface area contributed by atoms with Crippen molar-refractivity contribution >= 4 is 5.78 Å². The molecule has 3 heterocycles. The lowest BCUT2D eigenvalue weighted by molar-refractivity contribution is -0.127. The number of aromatic nitrogens is 2.